The average molecular weight is 449 g/mol. The maximum Gasteiger partial charge on any atom is 0.326 e. The monoisotopic (exact) mass is 448 g/mol. The van der Waals surface area contributed by atoms with E-state index in [4.69, 9.17) is 0 Å². The minimum atomic E-state index is -1.11. The molecule has 2 atom stereocenters. The molecule has 1 fully saturated rings. The number of fused-ring (bicyclic) bond motifs is 1. The normalized spacial score (nSPS) is 19.9. The Morgan fingerprint density at radius 3 is 2.41 bits per heavy atom. The molecule has 2 aliphatic rings. The summed E-state index contributed by atoms with van der Waals surface area (Å²) in [6.07, 6.45) is 2.06. The second kappa shape index (κ2) is 7.94. The number of aromatic nitrogens is 1. The number of pyridine rings is 1. The minimum Gasteiger partial charge on any atom is -0.480 e. The molecular weight excluding hydrogens is 428 g/mol. The SMILES string of the molecule is O=C(O)C1CC(c2ccccc2[N+](=O)[O-])Sc2c(C3CC3)cc(-c3ccccc3)c(=O)n21. The molecule has 1 aromatic heterocycles. The quantitative estimate of drug-likeness (QED) is 0.427. The van der Waals surface area contributed by atoms with E-state index in [1.807, 2.05) is 36.4 Å². The summed E-state index contributed by atoms with van der Waals surface area (Å²) in [5, 5.41) is 21.8. The fraction of sp³-hybridized carbons (Fsp3) is 0.250. The molecule has 0 spiro atoms. The maximum atomic E-state index is 13.5. The molecular formula is C24H20N2O5S. The van der Waals surface area contributed by atoms with Crippen LogP contribution in [0.3, 0.4) is 0 Å². The molecule has 32 heavy (non-hydrogen) atoms. The topological polar surface area (TPSA) is 102 Å². The number of aliphatic carboxylic acids is 1. The predicted molar refractivity (Wildman–Crippen MR) is 121 cm³/mol. The number of carboxylic acids is 1. The van der Waals surface area contributed by atoms with E-state index in [2.05, 4.69) is 0 Å². The first-order chi connectivity index (χ1) is 15.5. The van der Waals surface area contributed by atoms with Crippen molar-refractivity contribution in [3.8, 4) is 11.1 Å². The summed E-state index contributed by atoms with van der Waals surface area (Å²) >= 11 is 1.37. The third-order valence-electron chi connectivity index (χ3n) is 6.09. The van der Waals surface area contributed by atoms with Gasteiger partial charge in [-0.3, -0.25) is 19.5 Å². The summed E-state index contributed by atoms with van der Waals surface area (Å²) in [5.74, 6) is -0.838. The van der Waals surface area contributed by atoms with Crippen molar-refractivity contribution in [2.75, 3.05) is 0 Å². The predicted octanol–water partition coefficient (Wildman–Crippen LogP) is 5.16. The number of carbonyl (C=O) groups is 1. The van der Waals surface area contributed by atoms with Crippen molar-refractivity contribution in [2.45, 2.75) is 41.5 Å². The second-order valence-electron chi connectivity index (χ2n) is 8.15. The zero-order valence-corrected chi connectivity index (χ0v) is 17.8. The molecule has 2 aromatic carbocycles. The first-order valence-corrected chi connectivity index (χ1v) is 11.3. The lowest BCUT2D eigenvalue weighted by molar-refractivity contribution is -0.385. The van der Waals surface area contributed by atoms with E-state index in [9.17, 15) is 24.8 Å². The van der Waals surface area contributed by atoms with Crippen LogP contribution in [0.1, 0.15) is 47.6 Å². The van der Waals surface area contributed by atoms with Gasteiger partial charge in [-0.15, -0.1) is 0 Å². The first-order valence-electron chi connectivity index (χ1n) is 10.4. The Kier molecular flexibility index (Phi) is 5.09. The molecule has 162 valence electrons. The van der Waals surface area contributed by atoms with E-state index in [-0.39, 0.29) is 23.6 Å². The van der Waals surface area contributed by atoms with Crippen LogP contribution in [0.2, 0.25) is 0 Å². The van der Waals surface area contributed by atoms with Crippen LogP contribution in [0.4, 0.5) is 5.69 Å². The number of hydrogen-bond acceptors (Lipinski definition) is 5. The Hall–Kier alpha value is -3.39. The average Bonchev–Trinajstić information content (AvgIpc) is 3.64. The van der Waals surface area contributed by atoms with Gasteiger partial charge in [0.25, 0.3) is 11.2 Å². The van der Waals surface area contributed by atoms with Gasteiger partial charge in [0.05, 0.1) is 9.95 Å². The van der Waals surface area contributed by atoms with Crippen LogP contribution >= 0.6 is 11.8 Å². The van der Waals surface area contributed by atoms with Crippen molar-refractivity contribution in [3.63, 3.8) is 0 Å². The summed E-state index contributed by atoms with van der Waals surface area (Å²) in [4.78, 5) is 37.0. The molecule has 0 saturated heterocycles. The van der Waals surface area contributed by atoms with Crippen molar-refractivity contribution in [3.05, 3.63) is 92.3 Å². The van der Waals surface area contributed by atoms with Crippen LogP contribution < -0.4 is 5.56 Å². The van der Waals surface area contributed by atoms with Crippen LogP contribution in [0.25, 0.3) is 11.1 Å². The van der Waals surface area contributed by atoms with E-state index in [0.717, 1.165) is 24.0 Å². The minimum absolute atomic E-state index is 0.0289. The lowest BCUT2D eigenvalue weighted by Gasteiger charge is -2.32. The Morgan fingerprint density at radius 2 is 1.75 bits per heavy atom. The molecule has 3 aromatic rings. The molecule has 1 saturated carbocycles. The standard InChI is InChI=1S/C24H20N2O5S/c27-22-17(14-6-2-1-3-7-14)12-18(15-10-11-15)23-25(22)20(24(28)29)13-21(32-23)16-8-4-5-9-19(16)26(30)31/h1-9,12,15,20-21H,10-11,13H2,(H,28,29). The molecule has 2 heterocycles. The van der Waals surface area contributed by atoms with E-state index in [0.29, 0.717) is 16.2 Å². The largest absolute Gasteiger partial charge is 0.480 e. The van der Waals surface area contributed by atoms with Gasteiger partial charge in [0.15, 0.2) is 0 Å². The molecule has 5 rings (SSSR count). The molecule has 0 radical (unpaired) electrons. The van der Waals surface area contributed by atoms with Crippen LogP contribution in [0, 0.1) is 10.1 Å². The van der Waals surface area contributed by atoms with Gasteiger partial charge >= 0.3 is 5.97 Å². The molecule has 2 unspecified atom stereocenters. The highest BCUT2D eigenvalue weighted by Gasteiger charge is 2.40. The number of nitro groups is 1. The number of nitro benzene ring substituents is 1. The highest BCUT2D eigenvalue weighted by atomic mass is 32.2. The highest BCUT2D eigenvalue weighted by Crippen LogP contribution is 2.53. The summed E-state index contributed by atoms with van der Waals surface area (Å²) < 4.78 is 1.41. The highest BCUT2D eigenvalue weighted by molar-refractivity contribution is 7.99. The van der Waals surface area contributed by atoms with E-state index >= 15 is 0 Å². The van der Waals surface area contributed by atoms with Crippen molar-refractivity contribution < 1.29 is 14.8 Å². The first kappa shape index (κ1) is 20.5. The second-order valence-corrected chi connectivity index (χ2v) is 9.34. The van der Waals surface area contributed by atoms with E-state index in [1.54, 1.807) is 18.2 Å². The fourth-order valence-corrected chi connectivity index (χ4v) is 5.94. The zero-order valence-electron chi connectivity index (χ0n) is 17.0. The summed E-state index contributed by atoms with van der Waals surface area (Å²) in [7, 11) is 0. The number of para-hydroxylation sites is 1. The van der Waals surface area contributed by atoms with Crippen molar-refractivity contribution >= 4 is 23.4 Å². The number of nitrogens with zero attached hydrogens (tertiary/aromatic N) is 2. The summed E-state index contributed by atoms with van der Waals surface area (Å²) in [6.45, 7) is 0. The van der Waals surface area contributed by atoms with Crippen LogP contribution in [0.15, 0.2) is 70.5 Å². The maximum absolute atomic E-state index is 13.5. The van der Waals surface area contributed by atoms with E-state index < -0.39 is 22.2 Å². The van der Waals surface area contributed by atoms with Crippen LogP contribution in [-0.4, -0.2) is 20.6 Å². The van der Waals surface area contributed by atoms with Crippen molar-refractivity contribution in [1.82, 2.24) is 4.57 Å². The zero-order chi connectivity index (χ0) is 22.4. The van der Waals surface area contributed by atoms with Gasteiger partial charge < -0.3 is 5.11 Å². The van der Waals surface area contributed by atoms with Crippen molar-refractivity contribution in [2.24, 2.45) is 0 Å². The molecule has 7 nitrogen and oxygen atoms in total. The van der Waals surface area contributed by atoms with Crippen LogP contribution in [0.5, 0.6) is 0 Å². The summed E-state index contributed by atoms with van der Waals surface area (Å²) in [6, 6.07) is 16.5. The number of thioether (sulfide) groups is 1. The third kappa shape index (κ3) is 3.50. The van der Waals surface area contributed by atoms with Gasteiger partial charge in [-0.1, -0.05) is 60.3 Å². The van der Waals surface area contributed by atoms with Crippen LogP contribution in [-0.2, 0) is 4.79 Å². The van der Waals surface area contributed by atoms with Gasteiger partial charge in [-0.2, -0.15) is 0 Å². The van der Waals surface area contributed by atoms with Gasteiger partial charge in [0.1, 0.15) is 6.04 Å². The molecule has 1 aliphatic heterocycles. The third-order valence-corrected chi connectivity index (χ3v) is 7.47. The molecule has 0 amide bonds. The Balaban J connectivity index is 1.71. The van der Waals surface area contributed by atoms with Crippen molar-refractivity contribution in [1.29, 1.82) is 0 Å². The molecule has 1 N–H and O–H groups in total. The van der Waals surface area contributed by atoms with Gasteiger partial charge in [-0.05, 0) is 42.4 Å². The Morgan fingerprint density at radius 1 is 1.06 bits per heavy atom. The molecule has 0 bridgehead atoms. The van der Waals surface area contributed by atoms with E-state index in [1.165, 1.54) is 22.4 Å². The van der Waals surface area contributed by atoms with Gasteiger partial charge in [0.2, 0.25) is 0 Å². The Labute approximate surface area is 187 Å². The molecule has 8 heteroatoms. The lowest BCUT2D eigenvalue weighted by Crippen LogP contribution is -2.36. The Bertz CT molecular complexity index is 1280. The number of hydrogen-bond donors (Lipinski definition) is 1. The smallest absolute Gasteiger partial charge is 0.326 e. The number of rotatable bonds is 5. The lowest BCUT2D eigenvalue weighted by atomic mass is 9.99. The number of carboxylic acid groups (broad SMARTS) is 1. The fourth-order valence-electron chi connectivity index (χ4n) is 4.38. The van der Waals surface area contributed by atoms with Gasteiger partial charge in [0, 0.05) is 22.4 Å². The molecule has 1 aliphatic carbocycles. The van der Waals surface area contributed by atoms with Gasteiger partial charge in [-0.25, -0.2) is 4.79 Å². The summed E-state index contributed by atoms with van der Waals surface area (Å²) in [5.41, 5.74) is 2.33. The number of benzene rings is 2.